The Kier molecular flexibility index (Phi) is 16.3. The molecule has 0 aliphatic rings. The molecule has 0 bridgehead atoms. The maximum Gasteiger partial charge on any atom is 0.243 e. The second-order valence-corrected chi connectivity index (χ2v) is 4.54. The van der Waals surface area contributed by atoms with Crippen LogP contribution in [0.15, 0.2) is 12.7 Å². The summed E-state index contributed by atoms with van der Waals surface area (Å²) in [7, 11) is 8.30. The summed E-state index contributed by atoms with van der Waals surface area (Å²) in [5.74, 6) is -0.144. The summed E-state index contributed by atoms with van der Waals surface area (Å²) >= 11 is 0. The van der Waals surface area contributed by atoms with Crippen LogP contribution in [-0.2, 0) is 4.79 Å². The summed E-state index contributed by atoms with van der Waals surface area (Å²) in [6.07, 6.45) is 5.32. The van der Waals surface area contributed by atoms with Crippen molar-refractivity contribution in [2.24, 2.45) is 0 Å². The average molecular weight is 251 g/mol. The van der Waals surface area contributed by atoms with Gasteiger partial charge in [0, 0.05) is 7.05 Å². The van der Waals surface area contributed by atoms with Gasteiger partial charge in [-0.25, -0.2) is 0 Å². The summed E-state index contributed by atoms with van der Waals surface area (Å²) < 4.78 is 1.11. The molecule has 1 amide bonds. The van der Waals surface area contributed by atoms with Crippen molar-refractivity contribution < 1.29 is 21.7 Å². The van der Waals surface area contributed by atoms with Gasteiger partial charge in [0.2, 0.25) is 5.91 Å². The lowest BCUT2D eigenvalue weighted by Crippen LogP contribution is -3.00. The number of halogens is 1. The highest BCUT2D eigenvalue weighted by Crippen LogP contribution is 1.98. The second-order valence-electron chi connectivity index (χ2n) is 4.54. The average Bonchev–Trinajstić information content (AvgIpc) is 2.16. The molecule has 0 radical (unpaired) electrons. The number of amides is 1. The number of nitrogens with zero attached hydrogens (tertiary/aromatic N) is 1. The van der Waals surface area contributed by atoms with Crippen molar-refractivity contribution in [1.82, 2.24) is 5.32 Å². The number of hydrogen-bond acceptors (Lipinski definition) is 1. The van der Waals surface area contributed by atoms with Gasteiger partial charge in [-0.2, -0.15) is 0 Å². The fourth-order valence-electron chi connectivity index (χ4n) is 0.938. The van der Waals surface area contributed by atoms with Crippen LogP contribution in [-0.4, -0.2) is 45.1 Å². The molecule has 0 spiro atoms. The molecule has 0 heterocycles. The number of unbranched alkanes of at least 4 members (excludes halogenated alkanes) is 2. The van der Waals surface area contributed by atoms with Crippen molar-refractivity contribution >= 4 is 5.91 Å². The van der Waals surface area contributed by atoms with Gasteiger partial charge in [-0.3, -0.25) is 4.79 Å². The lowest BCUT2D eigenvalue weighted by Gasteiger charge is -2.23. The van der Waals surface area contributed by atoms with Crippen LogP contribution in [0.4, 0.5) is 0 Å². The summed E-state index contributed by atoms with van der Waals surface area (Å²) in [6.45, 7) is 6.78. The molecule has 0 aromatic heterocycles. The molecule has 0 saturated heterocycles. The minimum atomic E-state index is -0.144. The quantitative estimate of drug-likeness (QED) is 0.371. The van der Waals surface area contributed by atoms with Crippen LogP contribution in [0.1, 0.15) is 26.2 Å². The van der Waals surface area contributed by atoms with Crippen LogP contribution >= 0.6 is 0 Å². The number of carbonyl (C=O) groups is 1. The van der Waals surface area contributed by atoms with E-state index in [1.165, 1.54) is 31.9 Å². The molecule has 0 aliphatic heterocycles. The van der Waals surface area contributed by atoms with E-state index in [4.69, 9.17) is 0 Å². The van der Waals surface area contributed by atoms with E-state index in [-0.39, 0.29) is 18.3 Å². The Balaban J connectivity index is -0.000000214. The highest BCUT2D eigenvalue weighted by atomic mass is 35.5. The van der Waals surface area contributed by atoms with Crippen LogP contribution in [0.25, 0.3) is 0 Å². The highest BCUT2D eigenvalue weighted by Gasteiger charge is 2.03. The predicted octanol–water partition coefficient (Wildman–Crippen LogP) is -1.19. The minimum Gasteiger partial charge on any atom is -1.00 e. The first kappa shape index (κ1) is 20.8. The normalized spacial score (nSPS) is 9.31. The zero-order chi connectivity index (χ0) is 12.3. The Morgan fingerprint density at radius 2 is 1.81 bits per heavy atom. The van der Waals surface area contributed by atoms with Crippen molar-refractivity contribution in [2.45, 2.75) is 26.2 Å². The predicted molar refractivity (Wildman–Crippen MR) is 66.7 cm³/mol. The van der Waals surface area contributed by atoms with Crippen LogP contribution in [0, 0.1) is 0 Å². The third kappa shape index (κ3) is 23.4. The van der Waals surface area contributed by atoms with E-state index in [0.29, 0.717) is 0 Å². The Morgan fingerprint density at radius 3 is 2.00 bits per heavy atom. The maximum atomic E-state index is 9.95. The fraction of sp³-hybridized carbons (Fsp3) is 0.750. The first-order chi connectivity index (χ1) is 6.87. The number of rotatable bonds is 5. The van der Waals surface area contributed by atoms with Crippen molar-refractivity contribution in [3.05, 3.63) is 12.7 Å². The molecule has 98 valence electrons. The first-order valence-corrected chi connectivity index (χ1v) is 5.52. The molecular weight excluding hydrogens is 224 g/mol. The second kappa shape index (κ2) is 12.5. The Labute approximate surface area is 107 Å². The van der Waals surface area contributed by atoms with Crippen LogP contribution < -0.4 is 17.7 Å². The van der Waals surface area contributed by atoms with Gasteiger partial charge in [-0.15, -0.1) is 0 Å². The zero-order valence-electron chi connectivity index (χ0n) is 11.3. The van der Waals surface area contributed by atoms with Crippen LogP contribution in [0.5, 0.6) is 0 Å². The van der Waals surface area contributed by atoms with Crippen molar-refractivity contribution in [2.75, 3.05) is 34.7 Å². The van der Waals surface area contributed by atoms with Gasteiger partial charge in [0.05, 0.1) is 27.7 Å². The maximum absolute atomic E-state index is 9.95. The molecule has 3 nitrogen and oxygen atoms in total. The smallest absolute Gasteiger partial charge is 0.243 e. The van der Waals surface area contributed by atoms with Gasteiger partial charge >= 0.3 is 0 Å². The molecule has 0 fully saturated rings. The van der Waals surface area contributed by atoms with E-state index in [0.717, 1.165) is 4.48 Å². The highest BCUT2D eigenvalue weighted by molar-refractivity contribution is 5.86. The number of carbonyl (C=O) groups excluding carboxylic acids is 1. The van der Waals surface area contributed by atoms with Gasteiger partial charge < -0.3 is 22.2 Å². The molecule has 0 aromatic rings. The van der Waals surface area contributed by atoms with Gasteiger partial charge in [0.15, 0.2) is 0 Å². The van der Waals surface area contributed by atoms with E-state index in [9.17, 15) is 4.79 Å². The van der Waals surface area contributed by atoms with Crippen molar-refractivity contribution in [3.63, 3.8) is 0 Å². The number of hydrogen-bond donors (Lipinski definition) is 1. The summed E-state index contributed by atoms with van der Waals surface area (Å²) in [6, 6.07) is 0. The van der Waals surface area contributed by atoms with Crippen LogP contribution in [0.2, 0.25) is 0 Å². The Bertz CT molecular complexity index is 176. The molecule has 0 aliphatic carbocycles. The molecule has 0 aromatic carbocycles. The third-order valence-electron chi connectivity index (χ3n) is 1.86. The summed E-state index contributed by atoms with van der Waals surface area (Å²) in [4.78, 5) is 9.95. The molecule has 16 heavy (non-hydrogen) atoms. The largest absolute Gasteiger partial charge is 1.00 e. The molecule has 1 N–H and O–H groups in total. The van der Waals surface area contributed by atoms with E-state index in [2.05, 4.69) is 40.0 Å². The van der Waals surface area contributed by atoms with Gasteiger partial charge in [-0.05, 0) is 18.9 Å². The summed E-state index contributed by atoms with van der Waals surface area (Å²) in [5.41, 5.74) is 0. The Morgan fingerprint density at radius 1 is 1.31 bits per heavy atom. The van der Waals surface area contributed by atoms with E-state index in [1.807, 2.05) is 0 Å². The topological polar surface area (TPSA) is 29.1 Å². The molecule has 4 heteroatoms. The molecule has 0 atom stereocenters. The van der Waals surface area contributed by atoms with Crippen LogP contribution in [0.3, 0.4) is 0 Å². The monoisotopic (exact) mass is 250 g/mol. The van der Waals surface area contributed by atoms with Gasteiger partial charge in [0.1, 0.15) is 0 Å². The van der Waals surface area contributed by atoms with Gasteiger partial charge in [-0.1, -0.05) is 19.9 Å². The molecule has 0 saturated carbocycles. The van der Waals surface area contributed by atoms with E-state index >= 15 is 0 Å². The van der Waals surface area contributed by atoms with Crippen molar-refractivity contribution in [3.8, 4) is 0 Å². The lowest BCUT2D eigenvalue weighted by atomic mass is 10.2. The fourth-order valence-corrected chi connectivity index (χ4v) is 0.938. The summed E-state index contributed by atoms with van der Waals surface area (Å²) in [5, 5.41) is 2.36. The zero-order valence-corrected chi connectivity index (χ0v) is 12.1. The third-order valence-corrected chi connectivity index (χ3v) is 1.86. The van der Waals surface area contributed by atoms with E-state index < -0.39 is 0 Å². The number of likely N-dealkylation sites (N-methyl/N-ethyl adjacent to an activating group) is 1. The molecular formula is C12H27ClN2O. The molecule has 0 unspecified atom stereocenters. The SMILES string of the molecule is C=CC(=O)NC.CCCCC[N+](C)(C)C.[Cl-]. The van der Waals surface area contributed by atoms with Gasteiger partial charge in [0.25, 0.3) is 0 Å². The molecule has 0 rings (SSSR count). The van der Waals surface area contributed by atoms with E-state index in [1.54, 1.807) is 7.05 Å². The van der Waals surface area contributed by atoms with Crippen molar-refractivity contribution in [1.29, 1.82) is 0 Å². The lowest BCUT2D eigenvalue weighted by molar-refractivity contribution is -0.870. The number of nitrogens with one attached hydrogen (secondary N) is 1. The number of quaternary nitrogens is 1. The minimum absolute atomic E-state index is 0. The Hall–Kier alpha value is -0.540. The first-order valence-electron chi connectivity index (χ1n) is 5.52. The standard InChI is InChI=1S/C8H20N.C4H7NO.ClH/c1-5-6-7-8-9(2,3)4;1-3-4(6)5-2;/h5-8H2,1-4H3;3H,1H2,2H3,(H,5,6);1H/q+1;;/p-1.